The normalized spacial score (nSPS) is 10.3. The summed E-state index contributed by atoms with van der Waals surface area (Å²) in [6.45, 7) is 3.19. The molecule has 2 N–H and O–H groups in total. The number of ether oxygens (including phenoxy) is 1. The summed E-state index contributed by atoms with van der Waals surface area (Å²) in [7, 11) is 0. The highest BCUT2D eigenvalue weighted by atomic mass is 19.1. The van der Waals surface area contributed by atoms with Crippen molar-refractivity contribution in [2.24, 2.45) is 0 Å². The highest BCUT2D eigenvalue weighted by Crippen LogP contribution is 2.12. The van der Waals surface area contributed by atoms with E-state index in [2.05, 4.69) is 5.32 Å². The first-order chi connectivity index (χ1) is 7.24. The summed E-state index contributed by atoms with van der Waals surface area (Å²) in [6, 6.07) is 5.01. The first kappa shape index (κ1) is 11.9. The molecule has 15 heavy (non-hydrogen) atoms. The molecule has 1 rings (SSSR count). The van der Waals surface area contributed by atoms with Gasteiger partial charge in [-0.15, -0.1) is 0 Å². The summed E-state index contributed by atoms with van der Waals surface area (Å²) >= 11 is 0. The lowest BCUT2D eigenvalue weighted by Crippen LogP contribution is -2.11. The minimum atomic E-state index is -0.212. The van der Waals surface area contributed by atoms with Crippen LogP contribution < -0.4 is 5.32 Å². The van der Waals surface area contributed by atoms with Gasteiger partial charge in [-0.05, 0) is 24.6 Å². The van der Waals surface area contributed by atoms with E-state index < -0.39 is 0 Å². The average molecular weight is 213 g/mol. The van der Waals surface area contributed by atoms with Crippen LogP contribution in [0.5, 0.6) is 0 Å². The number of aliphatic hydroxyl groups excluding tert-OH is 1. The minimum Gasteiger partial charge on any atom is -0.394 e. The van der Waals surface area contributed by atoms with Crippen molar-refractivity contribution in [3.05, 3.63) is 29.6 Å². The van der Waals surface area contributed by atoms with E-state index in [9.17, 15) is 4.39 Å². The zero-order chi connectivity index (χ0) is 11.1. The number of hydrogen-bond donors (Lipinski definition) is 2. The molecule has 1 aromatic carbocycles. The monoisotopic (exact) mass is 213 g/mol. The fourth-order valence-corrected chi connectivity index (χ4v) is 1.14. The summed E-state index contributed by atoms with van der Waals surface area (Å²) in [5.74, 6) is -0.212. The van der Waals surface area contributed by atoms with Gasteiger partial charge in [0.15, 0.2) is 0 Å². The zero-order valence-electron chi connectivity index (χ0n) is 8.79. The standard InChI is InChI=1S/C11H16FNO2/c1-9-2-3-10(8-11(9)12)13-4-6-15-7-5-14/h2-3,8,13-14H,4-7H2,1H3. The van der Waals surface area contributed by atoms with E-state index in [4.69, 9.17) is 9.84 Å². The van der Waals surface area contributed by atoms with Crippen LogP contribution in [0.25, 0.3) is 0 Å². The predicted molar refractivity (Wildman–Crippen MR) is 57.5 cm³/mol. The van der Waals surface area contributed by atoms with Crippen LogP contribution in [-0.4, -0.2) is 31.5 Å². The molecule has 0 amide bonds. The second-order valence-electron chi connectivity index (χ2n) is 3.23. The molecule has 0 atom stereocenters. The maximum absolute atomic E-state index is 13.1. The number of nitrogens with one attached hydrogen (secondary N) is 1. The first-order valence-corrected chi connectivity index (χ1v) is 4.92. The molecule has 84 valence electrons. The van der Waals surface area contributed by atoms with E-state index >= 15 is 0 Å². The van der Waals surface area contributed by atoms with Crippen molar-refractivity contribution in [3.63, 3.8) is 0 Å². The van der Waals surface area contributed by atoms with E-state index in [1.165, 1.54) is 6.07 Å². The Kier molecular flexibility index (Phi) is 5.07. The van der Waals surface area contributed by atoms with E-state index in [0.717, 1.165) is 5.69 Å². The third-order valence-corrected chi connectivity index (χ3v) is 1.98. The first-order valence-electron chi connectivity index (χ1n) is 4.92. The molecule has 1 aromatic rings. The molecule has 0 saturated heterocycles. The Morgan fingerprint density at radius 1 is 1.40 bits per heavy atom. The molecule has 0 aromatic heterocycles. The van der Waals surface area contributed by atoms with Crippen LogP contribution in [-0.2, 0) is 4.74 Å². The van der Waals surface area contributed by atoms with E-state index in [0.29, 0.717) is 25.3 Å². The molecule has 4 heteroatoms. The van der Waals surface area contributed by atoms with Crippen molar-refractivity contribution in [1.82, 2.24) is 0 Å². The number of aliphatic hydroxyl groups is 1. The number of rotatable bonds is 6. The van der Waals surface area contributed by atoms with Gasteiger partial charge >= 0.3 is 0 Å². The van der Waals surface area contributed by atoms with Crippen molar-refractivity contribution < 1.29 is 14.2 Å². The number of anilines is 1. The largest absolute Gasteiger partial charge is 0.394 e. The molecule has 0 heterocycles. The molecule has 0 radical (unpaired) electrons. The molecule has 0 aliphatic rings. The Balaban J connectivity index is 2.28. The predicted octanol–water partition coefficient (Wildman–Crippen LogP) is 1.55. The maximum atomic E-state index is 13.1. The third kappa shape index (κ3) is 4.27. The Morgan fingerprint density at radius 2 is 2.20 bits per heavy atom. The highest BCUT2D eigenvalue weighted by Gasteiger charge is 1.98. The average Bonchev–Trinajstić information content (AvgIpc) is 2.23. The van der Waals surface area contributed by atoms with Crippen LogP contribution in [0.1, 0.15) is 5.56 Å². The van der Waals surface area contributed by atoms with Gasteiger partial charge in [0.2, 0.25) is 0 Å². The lowest BCUT2D eigenvalue weighted by molar-refractivity contribution is 0.0992. The number of aryl methyl sites for hydroxylation is 1. The Labute approximate surface area is 88.9 Å². The quantitative estimate of drug-likeness (QED) is 0.704. The summed E-state index contributed by atoms with van der Waals surface area (Å²) in [4.78, 5) is 0. The molecule has 0 aliphatic heterocycles. The Bertz CT molecular complexity index is 305. The molecule has 0 aliphatic carbocycles. The van der Waals surface area contributed by atoms with Crippen molar-refractivity contribution >= 4 is 5.69 Å². The summed E-state index contributed by atoms with van der Waals surface area (Å²) in [5.41, 5.74) is 1.38. The molecule has 3 nitrogen and oxygen atoms in total. The molecule has 0 spiro atoms. The van der Waals surface area contributed by atoms with Gasteiger partial charge in [0.05, 0.1) is 19.8 Å². The topological polar surface area (TPSA) is 41.5 Å². The van der Waals surface area contributed by atoms with E-state index in [-0.39, 0.29) is 12.4 Å². The van der Waals surface area contributed by atoms with Crippen LogP contribution in [0.4, 0.5) is 10.1 Å². The SMILES string of the molecule is Cc1ccc(NCCOCCO)cc1F. The van der Waals surface area contributed by atoms with Crippen molar-refractivity contribution in [2.75, 3.05) is 31.7 Å². The fourth-order valence-electron chi connectivity index (χ4n) is 1.14. The molecule has 0 saturated carbocycles. The summed E-state index contributed by atoms with van der Waals surface area (Å²) in [5, 5.41) is 11.5. The number of halogens is 1. The van der Waals surface area contributed by atoms with Gasteiger partial charge in [-0.3, -0.25) is 0 Å². The molecule has 0 fully saturated rings. The summed E-state index contributed by atoms with van der Waals surface area (Å²) < 4.78 is 18.2. The molecular formula is C11H16FNO2. The zero-order valence-corrected chi connectivity index (χ0v) is 8.79. The smallest absolute Gasteiger partial charge is 0.128 e. The Morgan fingerprint density at radius 3 is 2.87 bits per heavy atom. The van der Waals surface area contributed by atoms with Gasteiger partial charge in [-0.1, -0.05) is 6.07 Å². The van der Waals surface area contributed by atoms with Crippen molar-refractivity contribution in [2.45, 2.75) is 6.92 Å². The van der Waals surface area contributed by atoms with Crippen LogP contribution in [0, 0.1) is 12.7 Å². The third-order valence-electron chi connectivity index (χ3n) is 1.98. The minimum absolute atomic E-state index is 0.0269. The molecular weight excluding hydrogens is 197 g/mol. The maximum Gasteiger partial charge on any atom is 0.128 e. The van der Waals surface area contributed by atoms with Crippen LogP contribution in [0.15, 0.2) is 18.2 Å². The molecule has 0 unspecified atom stereocenters. The van der Waals surface area contributed by atoms with Gasteiger partial charge in [0, 0.05) is 12.2 Å². The molecule has 0 bridgehead atoms. The van der Waals surface area contributed by atoms with Gasteiger partial charge in [0.25, 0.3) is 0 Å². The lowest BCUT2D eigenvalue weighted by Gasteiger charge is -2.07. The van der Waals surface area contributed by atoms with E-state index in [1.807, 2.05) is 6.07 Å². The fraction of sp³-hybridized carbons (Fsp3) is 0.455. The van der Waals surface area contributed by atoms with Crippen molar-refractivity contribution in [1.29, 1.82) is 0 Å². The lowest BCUT2D eigenvalue weighted by atomic mass is 10.2. The van der Waals surface area contributed by atoms with Gasteiger partial charge in [-0.2, -0.15) is 0 Å². The Hall–Kier alpha value is -1.13. The van der Waals surface area contributed by atoms with Crippen LogP contribution in [0.2, 0.25) is 0 Å². The van der Waals surface area contributed by atoms with Gasteiger partial charge < -0.3 is 15.2 Å². The second kappa shape index (κ2) is 6.37. The van der Waals surface area contributed by atoms with Crippen molar-refractivity contribution in [3.8, 4) is 0 Å². The van der Waals surface area contributed by atoms with Gasteiger partial charge in [0.1, 0.15) is 5.82 Å². The number of hydrogen-bond acceptors (Lipinski definition) is 3. The number of benzene rings is 1. The van der Waals surface area contributed by atoms with E-state index in [1.54, 1.807) is 13.0 Å². The highest BCUT2D eigenvalue weighted by molar-refractivity contribution is 5.44. The second-order valence-corrected chi connectivity index (χ2v) is 3.23. The van der Waals surface area contributed by atoms with Gasteiger partial charge in [-0.25, -0.2) is 4.39 Å². The van der Waals surface area contributed by atoms with Crippen LogP contribution in [0.3, 0.4) is 0 Å². The summed E-state index contributed by atoms with van der Waals surface area (Å²) in [6.07, 6.45) is 0. The van der Waals surface area contributed by atoms with Crippen LogP contribution >= 0.6 is 0 Å².